The molecule has 0 aliphatic heterocycles. The summed E-state index contributed by atoms with van der Waals surface area (Å²) in [5, 5.41) is 0. The number of hydrogen-bond acceptors (Lipinski definition) is 2. The Balaban J connectivity index is 1.81. The third-order valence-corrected chi connectivity index (χ3v) is 2.32. The molecule has 0 atom stereocenters. The van der Waals surface area contributed by atoms with Crippen LogP contribution in [0.15, 0.2) is 42.6 Å². The van der Waals surface area contributed by atoms with Crippen LogP contribution in [0.5, 0.6) is 0 Å². The molecule has 17 heavy (non-hydrogen) atoms. The van der Waals surface area contributed by atoms with Gasteiger partial charge in [-0.2, -0.15) is 0 Å². The molecule has 1 aromatic carbocycles. The SMILES string of the molecule is Cc1c[nH]c(C(=O)NOCc2ccccc2)c1. The van der Waals surface area contributed by atoms with E-state index in [1.807, 2.05) is 37.3 Å². The van der Waals surface area contributed by atoms with Crippen LogP contribution in [0.1, 0.15) is 21.6 Å². The Labute approximate surface area is 99.6 Å². The molecule has 0 unspecified atom stereocenters. The highest BCUT2D eigenvalue weighted by Crippen LogP contribution is 2.02. The van der Waals surface area contributed by atoms with E-state index >= 15 is 0 Å². The molecule has 0 fully saturated rings. The van der Waals surface area contributed by atoms with Crippen LogP contribution in [0.3, 0.4) is 0 Å². The minimum absolute atomic E-state index is 0.269. The molecule has 0 saturated heterocycles. The summed E-state index contributed by atoms with van der Waals surface area (Å²) >= 11 is 0. The average molecular weight is 230 g/mol. The van der Waals surface area contributed by atoms with E-state index in [0.717, 1.165) is 11.1 Å². The lowest BCUT2D eigenvalue weighted by molar-refractivity contribution is 0.0230. The molecule has 0 radical (unpaired) electrons. The van der Waals surface area contributed by atoms with E-state index in [-0.39, 0.29) is 5.91 Å². The third-order valence-electron chi connectivity index (χ3n) is 2.32. The Morgan fingerprint density at radius 1 is 1.35 bits per heavy atom. The molecule has 2 rings (SSSR count). The maximum Gasteiger partial charge on any atom is 0.291 e. The number of aromatic nitrogens is 1. The van der Waals surface area contributed by atoms with Crippen molar-refractivity contribution in [1.29, 1.82) is 0 Å². The largest absolute Gasteiger partial charge is 0.357 e. The summed E-state index contributed by atoms with van der Waals surface area (Å²) in [6, 6.07) is 11.4. The maximum atomic E-state index is 11.6. The molecule has 4 heteroatoms. The summed E-state index contributed by atoms with van der Waals surface area (Å²) in [5.74, 6) is -0.269. The summed E-state index contributed by atoms with van der Waals surface area (Å²) in [7, 11) is 0. The molecule has 0 spiro atoms. The van der Waals surface area contributed by atoms with Crippen molar-refractivity contribution in [3.8, 4) is 0 Å². The van der Waals surface area contributed by atoms with E-state index in [1.54, 1.807) is 12.3 Å². The van der Waals surface area contributed by atoms with Gasteiger partial charge < -0.3 is 4.98 Å². The van der Waals surface area contributed by atoms with Gasteiger partial charge in [0.25, 0.3) is 5.91 Å². The van der Waals surface area contributed by atoms with E-state index in [1.165, 1.54) is 0 Å². The van der Waals surface area contributed by atoms with Crippen molar-refractivity contribution in [1.82, 2.24) is 10.5 Å². The first kappa shape index (κ1) is 11.4. The topological polar surface area (TPSA) is 54.1 Å². The number of aryl methyl sites for hydroxylation is 1. The number of hydroxylamine groups is 1. The van der Waals surface area contributed by atoms with E-state index in [9.17, 15) is 4.79 Å². The number of amides is 1. The molecule has 0 aliphatic carbocycles. The highest BCUT2D eigenvalue weighted by Gasteiger charge is 2.06. The number of rotatable bonds is 4. The molecule has 88 valence electrons. The minimum atomic E-state index is -0.269. The molecular formula is C13H14N2O2. The fourth-order valence-electron chi connectivity index (χ4n) is 1.45. The molecule has 1 heterocycles. The predicted molar refractivity (Wildman–Crippen MR) is 64.2 cm³/mol. The second kappa shape index (κ2) is 5.32. The lowest BCUT2D eigenvalue weighted by atomic mass is 10.2. The Morgan fingerprint density at radius 2 is 2.12 bits per heavy atom. The summed E-state index contributed by atoms with van der Waals surface area (Å²) < 4.78 is 0. The van der Waals surface area contributed by atoms with Gasteiger partial charge in [0.15, 0.2) is 0 Å². The van der Waals surface area contributed by atoms with Crippen LogP contribution in [-0.4, -0.2) is 10.9 Å². The zero-order valence-electron chi connectivity index (χ0n) is 9.57. The smallest absolute Gasteiger partial charge is 0.291 e. The van der Waals surface area contributed by atoms with Gasteiger partial charge in [0, 0.05) is 6.20 Å². The van der Waals surface area contributed by atoms with Crippen molar-refractivity contribution in [2.75, 3.05) is 0 Å². The quantitative estimate of drug-likeness (QED) is 0.791. The van der Waals surface area contributed by atoms with Crippen LogP contribution >= 0.6 is 0 Å². The molecule has 2 aromatic rings. The van der Waals surface area contributed by atoms with Crippen LogP contribution in [0.2, 0.25) is 0 Å². The van der Waals surface area contributed by atoms with Crippen molar-refractivity contribution in [3.63, 3.8) is 0 Å². The van der Waals surface area contributed by atoms with Crippen molar-refractivity contribution in [2.24, 2.45) is 0 Å². The second-order valence-corrected chi connectivity index (χ2v) is 3.80. The van der Waals surface area contributed by atoms with Crippen LogP contribution < -0.4 is 5.48 Å². The van der Waals surface area contributed by atoms with Gasteiger partial charge in [-0.25, -0.2) is 5.48 Å². The Bertz CT molecular complexity index is 491. The average Bonchev–Trinajstić information content (AvgIpc) is 2.77. The molecule has 1 aromatic heterocycles. The van der Waals surface area contributed by atoms with Gasteiger partial charge >= 0.3 is 0 Å². The van der Waals surface area contributed by atoms with Crippen LogP contribution in [0.25, 0.3) is 0 Å². The fraction of sp³-hybridized carbons (Fsp3) is 0.154. The van der Waals surface area contributed by atoms with Crippen molar-refractivity contribution in [3.05, 3.63) is 59.4 Å². The highest BCUT2D eigenvalue weighted by molar-refractivity contribution is 5.91. The van der Waals surface area contributed by atoms with E-state index in [2.05, 4.69) is 10.5 Å². The molecule has 1 amide bonds. The van der Waals surface area contributed by atoms with Gasteiger partial charge in [-0.05, 0) is 24.1 Å². The second-order valence-electron chi connectivity index (χ2n) is 3.80. The number of aromatic amines is 1. The van der Waals surface area contributed by atoms with Crippen LogP contribution in [0, 0.1) is 6.92 Å². The molecule has 0 saturated carbocycles. The van der Waals surface area contributed by atoms with Gasteiger partial charge in [0.2, 0.25) is 0 Å². The first-order valence-corrected chi connectivity index (χ1v) is 5.37. The van der Waals surface area contributed by atoms with E-state index in [0.29, 0.717) is 12.3 Å². The minimum Gasteiger partial charge on any atom is -0.357 e. The first-order valence-electron chi connectivity index (χ1n) is 5.37. The molecule has 0 bridgehead atoms. The zero-order valence-corrected chi connectivity index (χ0v) is 9.57. The number of nitrogens with one attached hydrogen (secondary N) is 2. The van der Waals surface area contributed by atoms with Gasteiger partial charge in [0.1, 0.15) is 5.69 Å². The van der Waals surface area contributed by atoms with Gasteiger partial charge in [0.05, 0.1) is 6.61 Å². The maximum absolute atomic E-state index is 11.6. The van der Waals surface area contributed by atoms with Crippen LogP contribution in [-0.2, 0) is 11.4 Å². The van der Waals surface area contributed by atoms with Crippen molar-refractivity contribution < 1.29 is 9.63 Å². The van der Waals surface area contributed by atoms with Crippen molar-refractivity contribution >= 4 is 5.91 Å². The lowest BCUT2D eigenvalue weighted by Gasteiger charge is -2.04. The monoisotopic (exact) mass is 230 g/mol. The highest BCUT2D eigenvalue weighted by atomic mass is 16.6. The normalized spacial score (nSPS) is 10.2. The van der Waals surface area contributed by atoms with E-state index in [4.69, 9.17) is 4.84 Å². The van der Waals surface area contributed by atoms with Gasteiger partial charge in [-0.1, -0.05) is 30.3 Å². The molecule has 2 N–H and O–H groups in total. The Kier molecular flexibility index (Phi) is 3.57. The predicted octanol–water partition coefficient (Wildman–Crippen LogP) is 2.18. The molecule has 4 nitrogen and oxygen atoms in total. The molecular weight excluding hydrogens is 216 g/mol. The van der Waals surface area contributed by atoms with Crippen molar-refractivity contribution in [2.45, 2.75) is 13.5 Å². The molecule has 0 aliphatic rings. The third kappa shape index (κ3) is 3.19. The van der Waals surface area contributed by atoms with E-state index < -0.39 is 0 Å². The summed E-state index contributed by atoms with van der Waals surface area (Å²) in [4.78, 5) is 19.6. The number of benzene rings is 1. The summed E-state index contributed by atoms with van der Waals surface area (Å²) in [6.07, 6.45) is 1.77. The van der Waals surface area contributed by atoms with Gasteiger partial charge in [-0.3, -0.25) is 9.63 Å². The Hall–Kier alpha value is -2.07. The number of hydrogen-bond donors (Lipinski definition) is 2. The number of carbonyl (C=O) groups is 1. The summed E-state index contributed by atoms with van der Waals surface area (Å²) in [5.41, 5.74) is 4.91. The van der Waals surface area contributed by atoms with Crippen LogP contribution in [0.4, 0.5) is 0 Å². The lowest BCUT2D eigenvalue weighted by Crippen LogP contribution is -2.23. The zero-order chi connectivity index (χ0) is 12.1. The fourth-order valence-corrected chi connectivity index (χ4v) is 1.45. The Morgan fingerprint density at radius 3 is 2.76 bits per heavy atom. The number of H-pyrrole nitrogens is 1. The van der Waals surface area contributed by atoms with Gasteiger partial charge in [-0.15, -0.1) is 0 Å². The standard InChI is InChI=1S/C13H14N2O2/c1-10-7-12(14-8-10)13(16)15-17-9-11-5-3-2-4-6-11/h2-8,14H,9H2,1H3,(H,15,16). The number of carbonyl (C=O) groups excluding carboxylic acids is 1. The first-order chi connectivity index (χ1) is 8.25. The summed E-state index contributed by atoms with van der Waals surface area (Å²) in [6.45, 7) is 2.27.